The molecule has 0 radical (unpaired) electrons. The lowest BCUT2D eigenvalue weighted by Gasteiger charge is -2.12. The van der Waals surface area contributed by atoms with E-state index in [9.17, 15) is 19.2 Å². The first-order valence-corrected chi connectivity index (χ1v) is 10.1. The Balaban J connectivity index is 2.31. The molecule has 0 aliphatic rings. The molecule has 2 atom stereocenters. The quantitative estimate of drug-likeness (QED) is 0.240. The standard InChI is InChI=1S/C20H30N4O6/c1-15(25)21-17(19(27)28)7-3-5-9-23-11-13-24(14-12-23)10-6-4-8-18(20(29)30)22-16(2)26/h11-14,17-18H,3-10H2,1-2H3,(H2-2,21,22,25,26,27,28,29,30)/p+2. The smallest absolute Gasteiger partial charge is 0.326 e. The van der Waals surface area contributed by atoms with Crippen molar-refractivity contribution >= 4 is 23.8 Å². The average Bonchev–Trinajstić information content (AvgIpc) is 2.66. The van der Waals surface area contributed by atoms with Crippen molar-refractivity contribution in [2.75, 3.05) is 0 Å². The second-order valence-electron chi connectivity index (χ2n) is 7.25. The van der Waals surface area contributed by atoms with Crippen molar-refractivity contribution in [3.63, 3.8) is 0 Å². The molecule has 2 amide bonds. The van der Waals surface area contributed by atoms with E-state index in [2.05, 4.69) is 10.6 Å². The van der Waals surface area contributed by atoms with E-state index in [0.717, 1.165) is 25.9 Å². The molecule has 10 heteroatoms. The molecular weight excluding hydrogens is 392 g/mol. The molecule has 0 bridgehead atoms. The van der Waals surface area contributed by atoms with Gasteiger partial charge in [0.2, 0.25) is 36.6 Å². The molecule has 0 saturated carbocycles. The van der Waals surface area contributed by atoms with Crippen LogP contribution < -0.4 is 19.8 Å². The van der Waals surface area contributed by atoms with Gasteiger partial charge in [-0.05, 0) is 25.7 Å². The molecule has 0 saturated heterocycles. The van der Waals surface area contributed by atoms with E-state index in [-0.39, 0.29) is 11.8 Å². The van der Waals surface area contributed by atoms with E-state index in [1.54, 1.807) is 0 Å². The molecule has 1 rings (SSSR count). The summed E-state index contributed by atoms with van der Waals surface area (Å²) in [7, 11) is 0. The molecule has 0 spiro atoms. The minimum atomic E-state index is -1.02. The maximum Gasteiger partial charge on any atom is 0.326 e. The Hall–Kier alpha value is -3.04. The van der Waals surface area contributed by atoms with Gasteiger partial charge in [-0.3, -0.25) is 9.59 Å². The van der Waals surface area contributed by atoms with Crippen molar-refractivity contribution in [1.82, 2.24) is 10.6 Å². The van der Waals surface area contributed by atoms with Gasteiger partial charge in [-0.1, -0.05) is 0 Å². The Morgan fingerprint density at radius 2 is 1.03 bits per heavy atom. The Bertz CT molecular complexity index is 662. The first kappa shape index (κ1) is 25.0. The summed E-state index contributed by atoms with van der Waals surface area (Å²) < 4.78 is 4.00. The molecular formula is C20H32N4O6+2. The third kappa shape index (κ3) is 10.5. The number of amides is 2. The van der Waals surface area contributed by atoms with Gasteiger partial charge >= 0.3 is 11.9 Å². The van der Waals surface area contributed by atoms with Crippen molar-refractivity contribution in [3.05, 3.63) is 24.8 Å². The summed E-state index contributed by atoms with van der Waals surface area (Å²) in [6, 6.07) is -1.70. The Labute approximate surface area is 175 Å². The van der Waals surface area contributed by atoms with Gasteiger partial charge in [-0.15, -0.1) is 0 Å². The first-order valence-electron chi connectivity index (χ1n) is 10.1. The molecule has 4 N–H and O–H groups in total. The Morgan fingerprint density at radius 1 is 0.700 bits per heavy atom. The highest BCUT2D eigenvalue weighted by atomic mass is 16.4. The van der Waals surface area contributed by atoms with Gasteiger partial charge in [-0.25, -0.2) is 9.59 Å². The van der Waals surface area contributed by atoms with Crippen molar-refractivity contribution in [1.29, 1.82) is 0 Å². The number of carboxylic acid groups (broad SMARTS) is 2. The van der Waals surface area contributed by atoms with E-state index >= 15 is 0 Å². The summed E-state index contributed by atoms with van der Waals surface area (Å²) in [5, 5.41) is 23.0. The zero-order valence-corrected chi connectivity index (χ0v) is 17.5. The number of aromatic nitrogens is 2. The lowest BCUT2D eigenvalue weighted by molar-refractivity contribution is -0.751. The number of aryl methyl sites for hydroxylation is 2. The predicted octanol–water partition coefficient (Wildman–Crippen LogP) is -0.219. The van der Waals surface area contributed by atoms with Crippen LogP contribution in [0.5, 0.6) is 0 Å². The third-order valence-corrected chi connectivity index (χ3v) is 4.57. The second kappa shape index (κ2) is 13.2. The Morgan fingerprint density at radius 3 is 1.30 bits per heavy atom. The third-order valence-electron chi connectivity index (χ3n) is 4.57. The zero-order valence-electron chi connectivity index (χ0n) is 17.5. The second-order valence-corrected chi connectivity index (χ2v) is 7.25. The molecule has 10 nitrogen and oxygen atoms in total. The van der Waals surface area contributed by atoms with Crippen LogP contribution in [0.3, 0.4) is 0 Å². The summed E-state index contributed by atoms with van der Waals surface area (Å²) in [4.78, 5) is 44.2. The molecule has 0 fully saturated rings. The SMILES string of the molecule is CC(=O)NC(CCCC[n+]1cc[n+](CCCCC(NC(C)=O)C(=O)O)cc1)C(=O)O. The topological polar surface area (TPSA) is 141 Å². The number of hydrogen-bond donors (Lipinski definition) is 4. The number of nitrogens with zero attached hydrogens (tertiary/aromatic N) is 2. The molecule has 2 unspecified atom stereocenters. The number of carbonyl (C=O) groups excluding carboxylic acids is 2. The lowest BCUT2D eigenvalue weighted by atomic mass is 10.1. The molecule has 0 aromatic carbocycles. The van der Waals surface area contributed by atoms with E-state index in [1.807, 2.05) is 33.9 Å². The fourth-order valence-corrected chi connectivity index (χ4v) is 3.03. The molecule has 166 valence electrons. The van der Waals surface area contributed by atoms with Gasteiger partial charge in [0, 0.05) is 26.7 Å². The number of carboxylic acids is 2. The van der Waals surface area contributed by atoms with E-state index < -0.39 is 24.0 Å². The van der Waals surface area contributed by atoms with Crippen molar-refractivity contribution in [2.24, 2.45) is 0 Å². The number of unbranched alkanes of at least 4 members (excludes halogenated alkanes) is 2. The highest BCUT2D eigenvalue weighted by Gasteiger charge is 2.19. The molecule has 30 heavy (non-hydrogen) atoms. The van der Waals surface area contributed by atoms with Crippen LogP contribution in [0.2, 0.25) is 0 Å². The van der Waals surface area contributed by atoms with Gasteiger partial charge in [0.15, 0.2) is 0 Å². The molecule has 1 aromatic heterocycles. The van der Waals surface area contributed by atoms with Gasteiger partial charge in [-0.2, -0.15) is 9.13 Å². The normalized spacial score (nSPS) is 12.6. The highest BCUT2D eigenvalue weighted by Crippen LogP contribution is 2.03. The van der Waals surface area contributed by atoms with Crippen LogP contribution >= 0.6 is 0 Å². The van der Waals surface area contributed by atoms with E-state index in [1.165, 1.54) is 13.8 Å². The fourth-order valence-electron chi connectivity index (χ4n) is 3.03. The molecule has 0 aliphatic heterocycles. The number of rotatable bonds is 14. The van der Waals surface area contributed by atoms with Crippen molar-refractivity contribution < 1.29 is 38.5 Å². The van der Waals surface area contributed by atoms with Gasteiger partial charge in [0.05, 0.1) is 0 Å². The van der Waals surface area contributed by atoms with Crippen LogP contribution in [-0.2, 0) is 32.3 Å². The number of nitrogens with one attached hydrogen (secondary N) is 2. The van der Waals surface area contributed by atoms with Crippen molar-refractivity contribution in [2.45, 2.75) is 77.5 Å². The largest absolute Gasteiger partial charge is 0.480 e. The zero-order chi connectivity index (χ0) is 22.5. The van der Waals surface area contributed by atoms with Gasteiger partial charge in [0.25, 0.3) is 0 Å². The van der Waals surface area contributed by atoms with Crippen LogP contribution in [0.15, 0.2) is 24.8 Å². The molecule has 1 heterocycles. The maximum absolute atomic E-state index is 11.1. The van der Waals surface area contributed by atoms with Gasteiger partial charge < -0.3 is 20.8 Å². The Kier molecular flexibility index (Phi) is 11.0. The predicted molar refractivity (Wildman–Crippen MR) is 105 cm³/mol. The average molecular weight is 424 g/mol. The van der Waals surface area contributed by atoms with Crippen molar-refractivity contribution in [3.8, 4) is 0 Å². The van der Waals surface area contributed by atoms with Crippen LogP contribution in [-0.4, -0.2) is 46.0 Å². The first-order chi connectivity index (χ1) is 14.2. The maximum atomic E-state index is 11.1. The molecule has 1 aromatic rings. The van der Waals surface area contributed by atoms with Crippen LogP contribution in [0.1, 0.15) is 52.4 Å². The summed E-state index contributed by atoms with van der Waals surface area (Å²) in [6.07, 6.45) is 11.4. The number of carbonyl (C=O) groups is 4. The monoisotopic (exact) mass is 424 g/mol. The van der Waals surface area contributed by atoms with Crippen LogP contribution in [0.4, 0.5) is 0 Å². The minimum absolute atomic E-state index is 0.349. The summed E-state index contributed by atoms with van der Waals surface area (Å²) in [5.41, 5.74) is 0. The number of aliphatic carboxylic acids is 2. The van der Waals surface area contributed by atoms with Gasteiger partial charge in [0.1, 0.15) is 25.2 Å². The van der Waals surface area contributed by atoms with E-state index in [0.29, 0.717) is 25.7 Å². The van der Waals surface area contributed by atoms with E-state index in [4.69, 9.17) is 10.2 Å². The summed E-state index contributed by atoms with van der Waals surface area (Å²) >= 11 is 0. The molecule has 0 aliphatic carbocycles. The number of hydrogen-bond acceptors (Lipinski definition) is 4. The fraction of sp³-hybridized carbons (Fsp3) is 0.600. The summed E-state index contributed by atoms with van der Waals surface area (Å²) in [6.45, 7) is 4.09. The highest BCUT2D eigenvalue weighted by molar-refractivity contribution is 5.82. The summed E-state index contributed by atoms with van der Waals surface area (Å²) in [5.74, 6) is -2.74. The lowest BCUT2D eigenvalue weighted by Crippen LogP contribution is -2.42. The van der Waals surface area contributed by atoms with Crippen LogP contribution in [0.25, 0.3) is 0 Å². The van der Waals surface area contributed by atoms with Crippen LogP contribution in [0, 0.1) is 0 Å². The minimum Gasteiger partial charge on any atom is -0.480 e.